The number of carbonyl (C=O) groups excluding carboxylic acids is 1. The molecule has 1 aliphatic rings. The van der Waals surface area contributed by atoms with Gasteiger partial charge in [-0.25, -0.2) is 0 Å². The Hall–Kier alpha value is -2.20. The van der Waals surface area contributed by atoms with E-state index in [4.69, 9.17) is 4.74 Å². The van der Waals surface area contributed by atoms with E-state index in [-0.39, 0.29) is 5.97 Å². The molecular formula is C20H24N2O2. The smallest absolute Gasteiger partial charge is 0.316 e. The zero-order chi connectivity index (χ0) is 16.8. The summed E-state index contributed by atoms with van der Waals surface area (Å²) in [5.41, 5.74) is 1.83. The first-order valence-corrected chi connectivity index (χ1v) is 8.58. The molecule has 1 fully saturated rings. The number of rotatable bonds is 5. The second-order valence-corrected chi connectivity index (χ2v) is 6.30. The van der Waals surface area contributed by atoms with E-state index in [0.717, 1.165) is 38.0 Å². The average molecular weight is 324 g/mol. The summed E-state index contributed by atoms with van der Waals surface area (Å²) in [6.45, 7) is 4.96. The predicted octanol–water partition coefficient (Wildman–Crippen LogP) is 3.18. The summed E-state index contributed by atoms with van der Waals surface area (Å²) in [6, 6.07) is 14.2. The third-order valence-electron chi connectivity index (χ3n) is 4.86. The Morgan fingerprint density at radius 3 is 2.42 bits per heavy atom. The van der Waals surface area contributed by atoms with Crippen LogP contribution in [0.2, 0.25) is 0 Å². The normalized spacial score (nSPS) is 17.4. The Morgan fingerprint density at radius 1 is 1.12 bits per heavy atom. The van der Waals surface area contributed by atoms with Crippen LogP contribution in [0.15, 0.2) is 54.9 Å². The standard InChI is InChI=1S/C20H24N2O2/c1-2-24-19(23)20(18-6-4-3-5-7-18)10-14-22(15-11-20)16-17-8-12-21-13-9-17/h3-9,12-13H,2,10-11,14-16H2,1H3. The van der Waals surface area contributed by atoms with Crippen molar-refractivity contribution in [3.8, 4) is 0 Å². The second-order valence-electron chi connectivity index (χ2n) is 6.30. The fraction of sp³-hybridized carbons (Fsp3) is 0.400. The van der Waals surface area contributed by atoms with Crippen LogP contribution in [0, 0.1) is 0 Å². The van der Waals surface area contributed by atoms with E-state index in [2.05, 4.69) is 22.0 Å². The topological polar surface area (TPSA) is 42.4 Å². The molecule has 0 bridgehead atoms. The monoisotopic (exact) mass is 324 g/mol. The van der Waals surface area contributed by atoms with Gasteiger partial charge in [0.1, 0.15) is 0 Å². The van der Waals surface area contributed by atoms with Gasteiger partial charge in [-0.2, -0.15) is 0 Å². The van der Waals surface area contributed by atoms with Crippen LogP contribution in [-0.2, 0) is 21.5 Å². The number of aromatic nitrogens is 1. The fourth-order valence-electron chi connectivity index (χ4n) is 3.48. The van der Waals surface area contributed by atoms with E-state index in [0.29, 0.717) is 6.61 Å². The lowest BCUT2D eigenvalue weighted by Gasteiger charge is -2.40. The van der Waals surface area contributed by atoms with E-state index in [1.54, 1.807) is 0 Å². The molecule has 0 radical (unpaired) electrons. The zero-order valence-corrected chi connectivity index (χ0v) is 14.1. The Labute approximate surface area is 143 Å². The summed E-state index contributed by atoms with van der Waals surface area (Å²) in [5.74, 6) is -0.0836. The number of hydrogen-bond acceptors (Lipinski definition) is 4. The molecular weight excluding hydrogens is 300 g/mol. The molecule has 4 heteroatoms. The van der Waals surface area contributed by atoms with Crippen molar-refractivity contribution in [2.24, 2.45) is 0 Å². The maximum atomic E-state index is 12.7. The van der Waals surface area contributed by atoms with Crippen molar-refractivity contribution in [1.82, 2.24) is 9.88 Å². The summed E-state index contributed by atoms with van der Waals surface area (Å²) in [6.07, 6.45) is 5.24. The Balaban J connectivity index is 1.75. The molecule has 24 heavy (non-hydrogen) atoms. The van der Waals surface area contributed by atoms with E-state index in [1.807, 2.05) is 49.6 Å². The minimum absolute atomic E-state index is 0.0836. The molecule has 1 aliphatic heterocycles. The lowest BCUT2D eigenvalue weighted by molar-refractivity contribution is -0.152. The number of piperidine rings is 1. The number of pyridine rings is 1. The molecule has 1 aromatic carbocycles. The number of benzene rings is 1. The first kappa shape index (κ1) is 16.7. The molecule has 0 aliphatic carbocycles. The van der Waals surface area contributed by atoms with Crippen molar-refractivity contribution < 1.29 is 9.53 Å². The molecule has 0 saturated carbocycles. The highest BCUT2D eigenvalue weighted by Gasteiger charge is 2.44. The molecule has 4 nitrogen and oxygen atoms in total. The van der Waals surface area contributed by atoms with Crippen molar-refractivity contribution in [3.63, 3.8) is 0 Å². The van der Waals surface area contributed by atoms with Gasteiger partial charge in [-0.05, 0) is 56.1 Å². The molecule has 0 unspecified atom stereocenters. The summed E-state index contributed by atoms with van der Waals surface area (Å²) in [5, 5.41) is 0. The van der Waals surface area contributed by atoms with Gasteiger partial charge in [0.05, 0.1) is 12.0 Å². The molecule has 0 atom stereocenters. The fourth-order valence-corrected chi connectivity index (χ4v) is 3.48. The van der Waals surface area contributed by atoms with Gasteiger partial charge in [0.15, 0.2) is 0 Å². The van der Waals surface area contributed by atoms with Crippen LogP contribution < -0.4 is 0 Å². The number of likely N-dealkylation sites (tertiary alicyclic amines) is 1. The van der Waals surface area contributed by atoms with Gasteiger partial charge < -0.3 is 4.74 Å². The van der Waals surface area contributed by atoms with Gasteiger partial charge in [-0.15, -0.1) is 0 Å². The Bertz CT molecular complexity index is 650. The van der Waals surface area contributed by atoms with Gasteiger partial charge in [0.2, 0.25) is 0 Å². The predicted molar refractivity (Wildman–Crippen MR) is 93.5 cm³/mol. The lowest BCUT2D eigenvalue weighted by atomic mass is 9.72. The summed E-state index contributed by atoms with van der Waals surface area (Å²) < 4.78 is 5.43. The lowest BCUT2D eigenvalue weighted by Crippen LogP contribution is -2.47. The number of hydrogen-bond donors (Lipinski definition) is 0. The van der Waals surface area contributed by atoms with Crippen LogP contribution in [0.4, 0.5) is 0 Å². The van der Waals surface area contributed by atoms with Gasteiger partial charge in [-0.3, -0.25) is 14.7 Å². The second kappa shape index (κ2) is 7.58. The van der Waals surface area contributed by atoms with Gasteiger partial charge in [0.25, 0.3) is 0 Å². The summed E-state index contributed by atoms with van der Waals surface area (Å²) >= 11 is 0. The molecule has 2 heterocycles. The Morgan fingerprint density at radius 2 is 1.79 bits per heavy atom. The van der Waals surface area contributed by atoms with Gasteiger partial charge >= 0.3 is 5.97 Å². The van der Waals surface area contributed by atoms with Crippen LogP contribution >= 0.6 is 0 Å². The van der Waals surface area contributed by atoms with Crippen LogP contribution in [0.5, 0.6) is 0 Å². The first-order valence-electron chi connectivity index (χ1n) is 8.58. The number of esters is 1. The van der Waals surface area contributed by atoms with Crippen LogP contribution in [0.25, 0.3) is 0 Å². The van der Waals surface area contributed by atoms with Crippen LogP contribution in [-0.4, -0.2) is 35.5 Å². The molecule has 0 N–H and O–H groups in total. The maximum absolute atomic E-state index is 12.7. The van der Waals surface area contributed by atoms with Crippen molar-refractivity contribution in [2.75, 3.05) is 19.7 Å². The van der Waals surface area contributed by atoms with Crippen molar-refractivity contribution in [3.05, 3.63) is 66.0 Å². The van der Waals surface area contributed by atoms with E-state index >= 15 is 0 Å². The molecule has 1 saturated heterocycles. The minimum atomic E-state index is -0.508. The summed E-state index contributed by atoms with van der Waals surface area (Å²) in [7, 11) is 0. The molecule has 0 spiro atoms. The number of carbonyl (C=O) groups is 1. The zero-order valence-electron chi connectivity index (χ0n) is 14.1. The van der Waals surface area contributed by atoms with Gasteiger partial charge in [0, 0.05) is 18.9 Å². The van der Waals surface area contributed by atoms with E-state index in [1.165, 1.54) is 5.56 Å². The highest BCUT2D eigenvalue weighted by Crippen LogP contribution is 2.37. The average Bonchev–Trinajstić information content (AvgIpc) is 2.64. The largest absolute Gasteiger partial charge is 0.465 e. The third-order valence-corrected chi connectivity index (χ3v) is 4.86. The molecule has 3 rings (SSSR count). The first-order chi connectivity index (χ1) is 11.7. The number of ether oxygens (including phenoxy) is 1. The SMILES string of the molecule is CCOC(=O)C1(c2ccccc2)CCN(Cc2ccncc2)CC1. The highest BCUT2D eigenvalue weighted by atomic mass is 16.5. The van der Waals surface area contributed by atoms with Crippen molar-refractivity contribution in [2.45, 2.75) is 31.7 Å². The minimum Gasteiger partial charge on any atom is -0.465 e. The van der Waals surface area contributed by atoms with E-state index in [9.17, 15) is 4.79 Å². The quantitative estimate of drug-likeness (QED) is 0.792. The Kier molecular flexibility index (Phi) is 5.26. The van der Waals surface area contributed by atoms with Crippen LogP contribution in [0.1, 0.15) is 30.9 Å². The molecule has 126 valence electrons. The molecule has 2 aromatic rings. The maximum Gasteiger partial charge on any atom is 0.316 e. The number of nitrogens with zero attached hydrogens (tertiary/aromatic N) is 2. The molecule has 0 amide bonds. The van der Waals surface area contributed by atoms with Gasteiger partial charge in [-0.1, -0.05) is 30.3 Å². The molecule has 1 aromatic heterocycles. The highest BCUT2D eigenvalue weighted by molar-refractivity contribution is 5.83. The van der Waals surface area contributed by atoms with Crippen molar-refractivity contribution >= 4 is 5.97 Å². The summed E-state index contributed by atoms with van der Waals surface area (Å²) in [4.78, 5) is 19.2. The van der Waals surface area contributed by atoms with Crippen molar-refractivity contribution in [1.29, 1.82) is 0 Å². The third kappa shape index (κ3) is 3.49. The van der Waals surface area contributed by atoms with E-state index < -0.39 is 5.41 Å². The van der Waals surface area contributed by atoms with Crippen LogP contribution in [0.3, 0.4) is 0 Å².